The fourth-order valence-electron chi connectivity index (χ4n) is 4.24. The molecule has 0 saturated carbocycles. The molecule has 3 rings (SSSR count). The molecule has 1 atom stereocenters. The van der Waals surface area contributed by atoms with Gasteiger partial charge in [0, 0.05) is 5.54 Å². The van der Waals surface area contributed by atoms with E-state index < -0.39 is 0 Å². The summed E-state index contributed by atoms with van der Waals surface area (Å²) in [6.45, 7) is 2.27. The molecule has 0 amide bonds. The molecule has 3 aromatic rings. The molecular weight excluding hydrogens is 465 g/mol. The summed E-state index contributed by atoms with van der Waals surface area (Å²) in [6.07, 6.45) is 6.45. The van der Waals surface area contributed by atoms with Gasteiger partial charge in [0.2, 0.25) is 0 Å². The summed E-state index contributed by atoms with van der Waals surface area (Å²) in [7, 11) is 0. The van der Waals surface area contributed by atoms with Gasteiger partial charge in [-0.2, -0.15) is 0 Å². The first kappa shape index (κ1) is 23.6. The predicted octanol–water partition coefficient (Wildman–Crippen LogP) is 6.84. The van der Waals surface area contributed by atoms with Gasteiger partial charge in [-0.1, -0.05) is 111 Å². The molecule has 0 aliphatic carbocycles. The quantitative estimate of drug-likeness (QED) is 0.304. The summed E-state index contributed by atoms with van der Waals surface area (Å²) < 4.78 is 0. The average Bonchev–Trinajstić information content (AvgIpc) is 2.73. The standard InChI is InChI=1S/C27H33N.HI/c1-2-3-19-26(20-23-13-7-4-8-14-23)27(28,21-24-15-9-5-10-16-24)22-25-17-11-6-12-18-25;/h4-18,26H,2-3,19-22,28H2,1H3;1H. The van der Waals surface area contributed by atoms with E-state index in [1.165, 1.54) is 36.0 Å². The molecule has 0 saturated heterocycles. The molecule has 0 aromatic heterocycles. The molecule has 0 aliphatic heterocycles. The van der Waals surface area contributed by atoms with Gasteiger partial charge < -0.3 is 5.73 Å². The molecule has 1 nitrogen and oxygen atoms in total. The smallest absolute Gasteiger partial charge is 0.0267 e. The highest BCUT2D eigenvalue weighted by Crippen LogP contribution is 2.31. The zero-order chi connectivity index (χ0) is 19.7. The lowest BCUT2D eigenvalue weighted by Crippen LogP contribution is -2.52. The van der Waals surface area contributed by atoms with Gasteiger partial charge in [0.05, 0.1) is 0 Å². The Hall–Kier alpha value is -1.65. The summed E-state index contributed by atoms with van der Waals surface area (Å²) in [5, 5.41) is 0. The summed E-state index contributed by atoms with van der Waals surface area (Å²) in [4.78, 5) is 0. The first-order valence-corrected chi connectivity index (χ1v) is 10.6. The van der Waals surface area contributed by atoms with Crippen LogP contribution in [0.1, 0.15) is 42.9 Å². The third-order valence-corrected chi connectivity index (χ3v) is 5.80. The minimum atomic E-state index is -0.270. The second-order valence-corrected chi connectivity index (χ2v) is 8.09. The molecule has 0 heterocycles. The molecule has 0 spiro atoms. The highest BCUT2D eigenvalue weighted by molar-refractivity contribution is 14.0. The fraction of sp³-hybridized carbons (Fsp3) is 0.333. The SMILES string of the molecule is CCCCC(Cc1ccccc1)C(N)(Cc1ccccc1)Cc1ccccc1.I. The third kappa shape index (κ3) is 7.27. The van der Waals surface area contributed by atoms with Gasteiger partial charge in [0.15, 0.2) is 0 Å². The fourth-order valence-corrected chi connectivity index (χ4v) is 4.24. The van der Waals surface area contributed by atoms with Crippen molar-refractivity contribution < 1.29 is 0 Å². The molecule has 29 heavy (non-hydrogen) atoms. The number of rotatable bonds is 10. The number of hydrogen-bond donors (Lipinski definition) is 1. The van der Waals surface area contributed by atoms with Gasteiger partial charge in [-0.05, 0) is 48.3 Å². The van der Waals surface area contributed by atoms with Crippen molar-refractivity contribution in [1.29, 1.82) is 0 Å². The van der Waals surface area contributed by atoms with E-state index in [-0.39, 0.29) is 29.5 Å². The lowest BCUT2D eigenvalue weighted by Gasteiger charge is -2.39. The number of hydrogen-bond acceptors (Lipinski definition) is 1. The zero-order valence-corrected chi connectivity index (χ0v) is 19.8. The highest BCUT2D eigenvalue weighted by atomic mass is 127. The van der Waals surface area contributed by atoms with E-state index in [4.69, 9.17) is 5.73 Å². The Bertz CT molecular complexity index is 760. The maximum absolute atomic E-state index is 7.29. The van der Waals surface area contributed by atoms with Crippen LogP contribution >= 0.6 is 24.0 Å². The van der Waals surface area contributed by atoms with Gasteiger partial charge in [-0.3, -0.25) is 0 Å². The lowest BCUT2D eigenvalue weighted by atomic mass is 9.71. The first-order valence-electron chi connectivity index (χ1n) is 10.6. The maximum Gasteiger partial charge on any atom is 0.0267 e. The highest BCUT2D eigenvalue weighted by Gasteiger charge is 2.35. The van der Waals surface area contributed by atoms with E-state index in [1.807, 2.05) is 0 Å². The summed E-state index contributed by atoms with van der Waals surface area (Å²) in [5.41, 5.74) is 11.1. The van der Waals surface area contributed by atoms with Crippen LogP contribution in [0.3, 0.4) is 0 Å². The second kappa shape index (κ2) is 12.1. The Morgan fingerprint density at radius 2 is 1.10 bits per heavy atom. The van der Waals surface area contributed by atoms with Crippen molar-refractivity contribution in [3.63, 3.8) is 0 Å². The van der Waals surface area contributed by atoms with E-state index in [0.717, 1.165) is 19.3 Å². The normalized spacial score (nSPS) is 12.2. The van der Waals surface area contributed by atoms with Crippen LogP contribution in [0, 0.1) is 5.92 Å². The van der Waals surface area contributed by atoms with Gasteiger partial charge in [0.1, 0.15) is 0 Å². The number of benzene rings is 3. The van der Waals surface area contributed by atoms with Crippen LogP contribution in [-0.2, 0) is 19.3 Å². The third-order valence-electron chi connectivity index (χ3n) is 5.80. The van der Waals surface area contributed by atoms with E-state index >= 15 is 0 Å². The molecule has 2 heteroatoms. The largest absolute Gasteiger partial charge is 0.324 e. The Kier molecular flexibility index (Phi) is 9.89. The van der Waals surface area contributed by atoms with Crippen LogP contribution < -0.4 is 5.73 Å². The Balaban J connectivity index is 0.00000300. The van der Waals surface area contributed by atoms with Crippen molar-refractivity contribution in [2.24, 2.45) is 11.7 Å². The topological polar surface area (TPSA) is 26.0 Å². The van der Waals surface area contributed by atoms with Crippen LogP contribution in [0.15, 0.2) is 91.0 Å². The average molecular weight is 499 g/mol. The first-order chi connectivity index (χ1) is 13.7. The molecule has 0 fully saturated rings. The summed E-state index contributed by atoms with van der Waals surface area (Å²) >= 11 is 0. The molecule has 0 radical (unpaired) electrons. The lowest BCUT2D eigenvalue weighted by molar-refractivity contribution is 0.242. The second-order valence-electron chi connectivity index (χ2n) is 8.09. The van der Waals surface area contributed by atoms with Crippen molar-refractivity contribution >= 4 is 24.0 Å². The van der Waals surface area contributed by atoms with Crippen LogP contribution in [0.25, 0.3) is 0 Å². The summed E-state index contributed by atoms with van der Waals surface area (Å²) in [5.74, 6) is 0.440. The summed E-state index contributed by atoms with van der Waals surface area (Å²) in [6, 6.07) is 32.4. The van der Waals surface area contributed by atoms with Gasteiger partial charge in [-0.15, -0.1) is 24.0 Å². The minimum absolute atomic E-state index is 0. The Labute approximate surface area is 193 Å². The maximum atomic E-state index is 7.29. The molecule has 3 aromatic carbocycles. The van der Waals surface area contributed by atoms with Crippen molar-refractivity contribution in [2.45, 2.75) is 51.0 Å². The monoisotopic (exact) mass is 499 g/mol. The molecular formula is C27H34IN. The van der Waals surface area contributed by atoms with Crippen LogP contribution in [0.5, 0.6) is 0 Å². The van der Waals surface area contributed by atoms with Crippen LogP contribution in [0.4, 0.5) is 0 Å². The van der Waals surface area contributed by atoms with Crippen LogP contribution in [-0.4, -0.2) is 5.54 Å². The van der Waals surface area contributed by atoms with Gasteiger partial charge in [0.25, 0.3) is 0 Å². The van der Waals surface area contributed by atoms with E-state index in [2.05, 4.69) is 97.9 Å². The number of halogens is 1. The minimum Gasteiger partial charge on any atom is -0.324 e. The van der Waals surface area contributed by atoms with Crippen molar-refractivity contribution in [1.82, 2.24) is 0 Å². The predicted molar refractivity (Wildman–Crippen MR) is 136 cm³/mol. The van der Waals surface area contributed by atoms with Gasteiger partial charge >= 0.3 is 0 Å². The van der Waals surface area contributed by atoms with Crippen LogP contribution in [0.2, 0.25) is 0 Å². The number of unbranched alkanes of at least 4 members (excludes halogenated alkanes) is 1. The van der Waals surface area contributed by atoms with Gasteiger partial charge in [-0.25, -0.2) is 0 Å². The van der Waals surface area contributed by atoms with E-state index in [0.29, 0.717) is 5.92 Å². The zero-order valence-electron chi connectivity index (χ0n) is 17.5. The van der Waals surface area contributed by atoms with E-state index in [9.17, 15) is 0 Å². The van der Waals surface area contributed by atoms with E-state index in [1.54, 1.807) is 0 Å². The van der Waals surface area contributed by atoms with Crippen molar-refractivity contribution in [3.05, 3.63) is 108 Å². The number of nitrogens with two attached hydrogens (primary N) is 1. The molecule has 0 bridgehead atoms. The Morgan fingerprint density at radius 1 is 0.690 bits per heavy atom. The molecule has 1 unspecified atom stereocenters. The molecule has 154 valence electrons. The Morgan fingerprint density at radius 3 is 1.52 bits per heavy atom. The van der Waals surface area contributed by atoms with Crippen molar-refractivity contribution in [2.75, 3.05) is 0 Å². The van der Waals surface area contributed by atoms with Crippen molar-refractivity contribution in [3.8, 4) is 0 Å². The molecule has 0 aliphatic rings. The molecule has 2 N–H and O–H groups in total.